The van der Waals surface area contributed by atoms with Crippen LogP contribution in [0.3, 0.4) is 0 Å². The number of hydrogen-bond donors (Lipinski definition) is 2. The first-order chi connectivity index (χ1) is 17.0. The van der Waals surface area contributed by atoms with Gasteiger partial charge in [0, 0.05) is 5.92 Å². The van der Waals surface area contributed by atoms with E-state index in [1.165, 1.54) is 18.2 Å². The lowest BCUT2D eigenvalue weighted by Gasteiger charge is -2.26. The zero-order valence-electron chi connectivity index (χ0n) is 22.7. The SMILES string of the molecule is CC(C)OC(=O)Oc1ccc(C(CC(C)OC(=O)CC(C)(C)C)[C@H](N)C(=O)O)cc1OC(=O)OC(C)C. The van der Waals surface area contributed by atoms with Crippen LogP contribution in [0.5, 0.6) is 11.5 Å². The number of aliphatic carboxylic acids is 1. The largest absolute Gasteiger partial charge is 0.514 e. The molecular weight excluding hydrogens is 486 g/mol. The van der Waals surface area contributed by atoms with Crippen molar-refractivity contribution in [1.29, 1.82) is 0 Å². The van der Waals surface area contributed by atoms with Gasteiger partial charge in [-0.1, -0.05) is 26.8 Å². The molecule has 11 heteroatoms. The second-order valence-electron chi connectivity index (χ2n) is 10.5. The Hall–Kier alpha value is -3.34. The van der Waals surface area contributed by atoms with E-state index in [1.807, 2.05) is 20.8 Å². The van der Waals surface area contributed by atoms with E-state index in [9.17, 15) is 24.3 Å². The van der Waals surface area contributed by atoms with E-state index in [-0.39, 0.29) is 29.8 Å². The molecule has 0 saturated carbocycles. The molecular formula is C26H39NO10. The second kappa shape index (κ2) is 13.8. The first-order valence-corrected chi connectivity index (χ1v) is 12.1. The minimum absolute atomic E-state index is 0.0643. The van der Waals surface area contributed by atoms with Crippen LogP contribution >= 0.6 is 0 Å². The number of ether oxygens (including phenoxy) is 5. The Morgan fingerprint density at radius 1 is 0.865 bits per heavy atom. The number of carbonyl (C=O) groups is 4. The number of rotatable bonds is 11. The van der Waals surface area contributed by atoms with E-state index in [1.54, 1.807) is 34.6 Å². The molecule has 11 nitrogen and oxygen atoms in total. The third-order valence-corrected chi connectivity index (χ3v) is 4.76. The van der Waals surface area contributed by atoms with Gasteiger partial charge in [0.05, 0.1) is 24.7 Å². The van der Waals surface area contributed by atoms with Crippen LogP contribution in [-0.4, -0.2) is 53.7 Å². The van der Waals surface area contributed by atoms with E-state index in [0.29, 0.717) is 5.56 Å². The summed E-state index contributed by atoms with van der Waals surface area (Å²) in [6.45, 7) is 13.8. The van der Waals surface area contributed by atoms with Crippen LogP contribution in [0.1, 0.15) is 79.7 Å². The van der Waals surface area contributed by atoms with Crippen molar-refractivity contribution < 1.29 is 48.0 Å². The number of carboxylic acids is 1. The minimum atomic E-state index is -1.38. The van der Waals surface area contributed by atoms with Crippen molar-refractivity contribution in [3.8, 4) is 11.5 Å². The van der Waals surface area contributed by atoms with Crippen molar-refractivity contribution in [2.24, 2.45) is 11.1 Å². The molecule has 208 valence electrons. The van der Waals surface area contributed by atoms with Gasteiger partial charge in [0.25, 0.3) is 0 Å². The average molecular weight is 526 g/mol. The monoisotopic (exact) mass is 525 g/mol. The van der Waals surface area contributed by atoms with Crippen molar-refractivity contribution in [1.82, 2.24) is 0 Å². The summed E-state index contributed by atoms with van der Waals surface area (Å²) in [5.74, 6) is -2.91. The molecule has 3 atom stereocenters. The predicted octanol–water partition coefficient (Wildman–Crippen LogP) is 4.79. The number of hydrogen-bond acceptors (Lipinski definition) is 10. The van der Waals surface area contributed by atoms with Gasteiger partial charge < -0.3 is 34.5 Å². The molecule has 0 radical (unpaired) electrons. The van der Waals surface area contributed by atoms with E-state index in [2.05, 4.69) is 0 Å². The van der Waals surface area contributed by atoms with Gasteiger partial charge in [-0.2, -0.15) is 0 Å². The molecule has 0 aliphatic carbocycles. The number of nitrogens with two attached hydrogens (primary N) is 1. The number of carbonyl (C=O) groups excluding carboxylic acids is 3. The highest BCUT2D eigenvalue weighted by Gasteiger charge is 2.31. The van der Waals surface area contributed by atoms with Crippen LogP contribution in [0.4, 0.5) is 9.59 Å². The maximum Gasteiger partial charge on any atom is 0.514 e. The highest BCUT2D eigenvalue weighted by molar-refractivity contribution is 5.75. The highest BCUT2D eigenvalue weighted by Crippen LogP contribution is 2.35. The fourth-order valence-electron chi connectivity index (χ4n) is 3.30. The van der Waals surface area contributed by atoms with Crippen molar-refractivity contribution in [3.05, 3.63) is 23.8 Å². The fraction of sp³-hybridized carbons (Fsp3) is 0.615. The molecule has 0 aliphatic heterocycles. The molecule has 0 aromatic heterocycles. The summed E-state index contributed by atoms with van der Waals surface area (Å²) in [7, 11) is 0. The zero-order chi connectivity index (χ0) is 28.5. The smallest absolute Gasteiger partial charge is 0.480 e. The average Bonchev–Trinajstić information content (AvgIpc) is 2.70. The summed E-state index contributed by atoms with van der Waals surface area (Å²) in [4.78, 5) is 48.3. The van der Waals surface area contributed by atoms with Crippen LogP contribution in [0, 0.1) is 5.41 Å². The fourth-order valence-corrected chi connectivity index (χ4v) is 3.30. The van der Waals surface area contributed by atoms with Crippen LogP contribution in [0.25, 0.3) is 0 Å². The standard InChI is InChI=1S/C26H39NO10/c1-14(2)33-24(31)36-19-10-9-17(12-20(19)37-25(32)34-15(3)4)18(22(27)23(29)30)11-16(5)35-21(28)13-26(6,7)8/h9-10,12,14-16,18,22H,11,13,27H2,1-8H3,(H,29,30)/t16?,18?,22-/m0/s1. The Morgan fingerprint density at radius 3 is 1.84 bits per heavy atom. The van der Waals surface area contributed by atoms with Crippen molar-refractivity contribution in [2.75, 3.05) is 0 Å². The molecule has 2 unspecified atom stereocenters. The minimum Gasteiger partial charge on any atom is -0.480 e. The van der Waals surface area contributed by atoms with Gasteiger partial charge in [0.15, 0.2) is 11.5 Å². The normalized spacial score (nSPS) is 13.9. The Balaban J connectivity index is 3.32. The van der Waals surface area contributed by atoms with Crippen molar-refractivity contribution in [3.63, 3.8) is 0 Å². The maximum atomic E-state index is 12.3. The van der Waals surface area contributed by atoms with Gasteiger partial charge in [-0.3, -0.25) is 9.59 Å². The van der Waals surface area contributed by atoms with Gasteiger partial charge in [-0.05, 0) is 64.2 Å². The number of carboxylic acid groups (broad SMARTS) is 1. The topological polar surface area (TPSA) is 161 Å². The summed E-state index contributed by atoms with van der Waals surface area (Å²) < 4.78 is 25.9. The van der Waals surface area contributed by atoms with E-state index in [4.69, 9.17) is 29.4 Å². The molecule has 1 rings (SSSR count). The van der Waals surface area contributed by atoms with Crippen molar-refractivity contribution >= 4 is 24.2 Å². The highest BCUT2D eigenvalue weighted by atomic mass is 16.7. The van der Waals surface area contributed by atoms with Crippen molar-refractivity contribution in [2.45, 2.75) is 98.5 Å². The zero-order valence-corrected chi connectivity index (χ0v) is 22.7. The molecule has 0 bridgehead atoms. The predicted molar refractivity (Wildman–Crippen MR) is 134 cm³/mol. The van der Waals surface area contributed by atoms with E-state index < -0.39 is 54.5 Å². The molecule has 0 aliphatic rings. The third-order valence-electron chi connectivity index (χ3n) is 4.76. The van der Waals surface area contributed by atoms with Gasteiger partial charge in [0.2, 0.25) is 0 Å². The van der Waals surface area contributed by atoms with Gasteiger partial charge in [-0.25, -0.2) is 9.59 Å². The lowest BCUT2D eigenvalue weighted by Crippen LogP contribution is -2.38. The Labute approximate surface area is 217 Å². The molecule has 0 fully saturated rings. The molecule has 0 heterocycles. The molecule has 1 aromatic carbocycles. The molecule has 0 amide bonds. The van der Waals surface area contributed by atoms with Crippen LogP contribution < -0.4 is 15.2 Å². The summed E-state index contributed by atoms with van der Waals surface area (Å²) in [5, 5.41) is 9.61. The first kappa shape index (κ1) is 31.7. The second-order valence-corrected chi connectivity index (χ2v) is 10.5. The van der Waals surface area contributed by atoms with Crippen LogP contribution in [0.15, 0.2) is 18.2 Å². The lowest BCUT2D eigenvalue weighted by molar-refractivity contribution is -0.150. The Morgan fingerprint density at radius 2 is 1.38 bits per heavy atom. The molecule has 37 heavy (non-hydrogen) atoms. The van der Waals surface area contributed by atoms with E-state index >= 15 is 0 Å². The Kier molecular flexibility index (Phi) is 11.8. The van der Waals surface area contributed by atoms with Gasteiger partial charge in [0.1, 0.15) is 6.04 Å². The van der Waals surface area contributed by atoms with Gasteiger partial charge in [-0.15, -0.1) is 0 Å². The van der Waals surface area contributed by atoms with E-state index in [0.717, 1.165) is 0 Å². The Bertz CT molecular complexity index is 951. The van der Waals surface area contributed by atoms with Crippen LogP contribution in [-0.2, 0) is 23.8 Å². The summed E-state index contributed by atoms with van der Waals surface area (Å²) in [6, 6.07) is 2.76. The molecule has 0 saturated heterocycles. The lowest BCUT2D eigenvalue weighted by atomic mass is 9.86. The van der Waals surface area contributed by atoms with Gasteiger partial charge >= 0.3 is 24.2 Å². The summed E-state index contributed by atoms with van der Waals surface area (Å²) in [5.41, 5.74) is 6.06. The maximum absolute atomic E-state index is 12.3. The number of esters is 1. The molecule has 0 spiro atoms. The molecule has 3 N–H and O–H groups in total. The third kappa shape index (κ3) is 12.0. The summed E-state index contributed by atoms with van der Waals surface area (Å²) in [6.07, 6.45) is -3.44. The summed E-state index contributed by atoms with van der Waals surface area (Å²) >= 11 is 0. The molecule has 1 aromatic rings. The van der Waals surface area contributed by atoms with Crippen LogP contribution in [0.2, 0.25) is 0 Å². The quantitative estimate of drug-likeness (QED) is 0.232. The first-order valence-electron chi connectivity index (χ1n) is 12.1. The number of benzene rings is 1.